The first-order valence-corrected chi connectivity index (χ1v) is 10.1. The summed E-state index contributed by atoms with van der Waals surface area (Å²) >= 11 is 0. The fourth-order valence-corrected chi connectivity index (χ4v) is 4.12. The molecule has 0 amide bonds. The van der Waals surface area contributed by atoms with Crippen molar-refractivity contribution in [3.8, 4) is 0 Å². The smallest absolute Gasteiger partial charge is 0.127 e. The van der Waals surface area contributed by atoms with E-state index >= 15 is 0 Å². The van der Waals surface area contributed by atoms with Crippen molar-refractivity contribution in [3.63, 3.8) is 0 Å². The quantitative estimate of drug-likeness (QED) is 0.684. The number of halogens is 1. The molecule has 1 fully saturated rings. The second-order valence-electron chi connectivity index (χ2n) is 8.02. The van der Waals surface area contributed by atoms with Gasteiger partial charge in [-0.25, -0.2) is 4.39 Å². The topological polar surface area (TPSA) is 30.5 Å². The Morgan fingerprint density at radius 1 is 1.07 bits per heavy atom. The van der Waals surface area contributed by atoms with Crippen molar-refractivity contribution in [3.05, 3.63) is 65.0 Å². The summed E-state index contributed by atoms with van der Waals surface area (Å²) in [7, 11) is 6.24. The van der Waals surface area contributed by atoms with Gasteiger partial charge in [0.05, 0.1) is 0 Å². The number of hydrogen-bond donors (Lipinski definition) is 2. The van der Waals surface area contributed by atoms with Gasteiger partial charge in [0.2, 0.25) is 0 Å². The van der Waals surface area contributed by atoms with Crippen molar-refractivity contribution in [2.24, 2.45) is 0 Å². The highest BCUT2D eigenvalue weighted by Crippen LogP contribution is 2.32. The van der Waals surface area contributed by atoms with Gasteiger partial charge in [0.25, 0.3) is 0 Å². The van der Waals surface area contributed by atoms with Crippen LogP contribution in [0.25, 0.3) is 0 Å². The zero-order chi connectivity index (χ0) is 20.1. The van der Waals surface area contributed by atoms with E-state index in [1.54, 1.807) is 12.1 Å². The summed E-state index contributed by atoms with van der Waals surface area (Å²) < 4.78 is 14.3. The van der Waals surface area contributed by atoms with E-state index in [0.717, 1.165) is 43.0 Å². The maximum absolute atomic E-state index is 14.3. The van der Waals surface area contributed by atoms with Crippen LogP contribution in [0.1, 0.15) is 22.6 Å². The van der Waals surface area contributed by atoms with Crippen LogP contribution in [0.4, 0.5) is 10.1 Å². The van der Waals surface area contributed by atoms with Crippen LogP contribution in [0.5, 0.6) is 0 Å². The van der Waals surface area contributed by atoms with Crippen molar-refractivity contribution in [2.45, 2.75) is 25.4 Å². The van der Waals surface area contributed by atoms with Crippen LogP contribution < -0.4 is 10.6 Å². The maximum atomic E-state index is 14.3. The van der Waals surface area contributed by atoms with Crippen LogP contribution in [-0.2, 0) is 6.54 Å². The molecule has 2 N–H and O–H groups in total. The Hall–Kier alpha value is -1.95. The maximum Gasteiger partial charge on any atom is 0.127 e. The monoisotopic (exact) mass is 384 g/mol. The molecule has 0 spiro atoms. The number of anilines is 1. The lowest BCUT2D eigenvalue weighted by molar-refractivity contribution is 0.258. The first-order valence-electron chi connectivity index (χ1n) is 10.1. The van der Waals surface area contributed by atoms with E-state index in [4.69, 9.17) is 0 Å². The zero-order valence-electron chi connectivity index (χ0n) is 17.5. The Bertz CT molecular complexity index is 739. The van der Waals surface area contributed by atoms with Crippen molar-refractivity contribution in [1.29, 1.82) is 0 Å². The van der Waals surface area contributed by atoms with Gasteiger partial charge in [-0.1, -0.05) is 24.3 Å². The van der Waals surface area contributed by atoms with Crippen LogP contribution in [0.15, 0.2) is 42.5 Å². The number of rotatable bonds is 8. The molecule has 1 saturated heterocycles. The molecule has 0 aliphatic carbocycles. The molecule has 0 bridgehead atoms. The van der Waals surface area contributed by atoms with E-state index in [1.165, 1.54) is 5.56 Å². The van der Waals surface area contributed by atoms with Crippen molar-refractivity contribution in [1.82, 2.24) is 15.1 Å². The van der Waals surface area contributed by atoms with Crippen LogP contribution in [0.2, 0.25) is 0 Å². The fourth-order valence-electron chi connectivity index (χ4n) is 4.12. The molecule has 1 aliphatic heterocycles. The van der Waals surface area contributed by atoms with Gasteiger partial charge < -0.3 is 15.5 Å². The summed E-state index contributed by atoms with van der Waals surface area (Å²) in [6.07, 6.45) is 0. The fraction of sp³-hybridized carbons (Fsp3) is 0.478. The predicted octanol–water partition coefficient (Wildman–Crippen LogP) is 3.30. The lowest BCUT2D eigenvalue weighted by Crippen LogP contribution is -2.34. The van der Waals surface area contributed by atoms with E-state index in [9.17, 15) is 4.39 Å². The molecule has 2 aromatic rings. The molecule has 0 radical (unpaired) electrons. The number of likely N-dealkylation sites (N-methyl/N-ethyl adjacent to an activating group) is 2. The molecule has 3 rings (SSSR count). The lowest BCUT2D eigenvalue weighted by Gasteiger charge is -2.25. The molecule has 2 aromatic carbocycles. The van der Waals surface area contributed by atoms with Crippen molar-refractivity contribution >= 4 is 5.69 Å². The summed E-state index contributed by atoms with van der Waals surface area (Å²) in [4.78, 5) is 4.69. The average molecular weight is 385 g/mol. The third-order valence-corrected chi connectivity index (χ3v) is 5.81. The average Bonchev–Trinajstić information content (AvgIpc) is 3.10. The van der Waals surface area contributed by atoms with Crippen molar-refractivity contribution in [2.75, 3.05) is 52.6 Å². The number of nitrogens with one attached hydrogen (secondary N) is 2. The molecule has 4 nitrogen and oxygen atoms in total. The molecule has 2 unspecified atom stereocenters. The predicted molar refractivity (Wildman–Crippen MR) is 115 cm³/mol. The van der Waals surface area contributed by atoms with Gasteiger partial charge in [-0.2, -0.15) is 0 Å². The van der Waals surface area contributed by atoms with E-state index in [2.05, 4.69) is 58.8 Å². The minimum Gasteiger partial charge on any atom is -0.384 e. The summed E-state index contributed by atoms with van der Waals surface area (Å²) in [5.74, 6) is 0.329. The second kappa shape index (κ2) is 9.50. The van der Waals surface area contributed by atoms with Gasteiger partial charge in [0, 0.05) is 55.9 Å². The van der Waals surface area contributed by atoms with Gasteiger partial charge in [-0.3, -0.25) is 4.90 Å². The van der Waals surface area contributed by atoms with E-state index in [1.807, 2.05) is 20.0 Å². The number of nitrogens with zero attached hydrogens (tertiary/aromatic N) is 2. The third kappa shape index (κ3) is 4.90. The van der Waals surface area contributed by atoms with Gasteiger partial charge in [0.1, 0.15) is 5.82 Å². The normalized spacial score (nSPS) is 20.1. The largest absolute Gasteiger partial charge is 0.384 e. The molecule has 0 saturated carbocycles. The van der Waals surface area contributed by atoms with Crippen LogP contribution in [0, 0.1) is 12.7 Å². The number of hydrogen-bond acceptors (Lipinski definition) is 4. The van der Waals surface area contributed by atoms with E-state index in [0.29, 0.717) is 18.5 Å². The third-order valence-electron chi connectivity index (χ3n) is 5.81. The van der Waals surface area contributed by atoms with Crippen molar-refractivity contribution < 1.29 is 4.39 Å². The SMILES string of the molecule is CNCCNc1ccc(C2CN(Cc3c(C)cccc3F)CC2N(C)C)cc1. The molecule has 28 heavy (non-hydrogen) atoms. The minimum absolute atomic E-state index is 0.0955. The molecule has 0 aromatic heterocycles. The van der Waals surface area contributed by atoms with Gasteiger partial charge in [-0.15, -0.1) is 0 Å². The van der Waals surface area contributed by atoms with Crippen LogP contribution in [0.3, 0.4) is 0 Å². The highest BCUT2D eigenvalue weighted by molar-refractivity contribution is 5.45. The number of benzene rings is 2. The Balaban J connectivity index is 1.71. The molecular weight excluding hydrogens is 351 g/mol. The molecule has 152 valence electrons. The Morgan fingerprint density at radius 2 is 1.82 bits per heavy atom. The van der Waals surface area contributed by atoms with Gasteiger partial charge >= 0.3 is 0 Å². The summed E-state index contributed by atoms with van der Waals surface area (Å²) in [6, 6.07) is 14.6. The Kier molecular flexibility index (Phi) is 7.05. The summed E-state index contributed by atoms with van der Waals surface area (Å²) in [5.41, 5.74) is 4.36. The van der Waals surface area contributed by atoms with E-state index in [-0.39, 0.29) is 5.82 Å². The van der Waals surface area contributed by atoms with Gasteiger partial charge in [0.15, 0.2) is 0 Å². The highest BCUT2D eigenvalue weighted by atomic mass is 19.1. The first kappa shape index (κ1) is 20.8. The molecule has 5 heteroatoms. The first-order chi connectivity index (χ1) is 13.5. The lowest BCUT2D eigenvalue weighted by atomic mass is 9.93. The highest BCUT2D eigenvalue weighted by Gasteiger charge is 2.35. The minimum atomic E-state index is -0.0955. The second-order valence-corrected chi connectivity index (χ2v) is 8.02. The molecule has 1 heterocycles. The van der Waals surface area contributed by atoms with Crippen LogP contribution in [-0.4, -0.2) is 63.2 Å². The zero-order valence-corrected chi connectivity index (χ0v) is 17.5. The Morgan fingerprint density at radius 3 is 2.46 bits per heavy atom. The standard InChI is InChI=1S/C23H33FN4/c1-17-6-5-7-22(24)20(17)14-28-15-21(23(16-28)27(3)4)18-8-10-19(11-9-18)26-13-12-25-2/h5-11,21,23,25-26H,12-16H2,1-4H3. The summed E-state index contributed by atoms with van der Waals surface area (Å²) in [5, 5.41) is 6.57. The molecule has 1 aliphatic rings. The van der Waals surface area contributed by atoms with E-state index < -0.39 is 0 Å². The number of likely N-dealkylation sites (tertiary alicyclic amines) is 1. The van der Waals surface area contributed by atoms with Crippen LogP contribution >= 0.6 is 0 Å². The van der Waals surface area contributed by atoms with Gasteiger partial charge in [-0.05, 0) is 57.4 Å². The number of aryl methyl sites for hydroxylation is 1. The molecule has 2 atom stereocenters. The summed E-state index contributed by atoms with van der Waals surface area (Å²) in [6.45, 7) is 6.42. The Labute approximate surface area is 168 Å². The molecular formula is C23H33FN4.